The molecular weight excluding hydrogens is 372 g/mol. The summed E-state index contributed by atoms with van der Waals surface area (Å²) in [5, 5.41) is 7.73. The van der Waals surface area contributed by atoms with E-state index >= 15 is 0 Å². The van der Waals surface area contributed by atoms with Crippen molar-refractivity contribution in [2.75, 3.05) is 5.32 Å². The summed E-state index contributed by atoms with van der Waals surface area (Å²) in [5.41, 5.74) is 7.92. The molecule has 0 saturated carbocycles. The summed E-state index contributed by atoms with van der Waals surface area (Å²) in [6.07, 6.45) is 2.01. The fraction of sp³-hybridized carbons (Fsp3) is 0.240. The van der Waals surface area contributed by atoms with Crippen LogP contribution in [0, 0.1) is 13.8 Å². The Kier molecular flexibility index (Phi) is 5.61. The maximum absolute atomic E-state index is 12.5. The second-order valence-electron chi connectivity index (χ2n) is 7.53. The first-order valence-electron chi connectivity index (χ1n) is 10.3. The van der Waals surface area contributed by atoms with E-state index in [9.17, 15) is 4.79 Å². The maximum atomic E-state index is 12.5. The summed E-state index contributed by atoms with van der Waals surface area (Å²) in [7, 11) is 0. The molecule has 1 amide bonds. The van der Waals surface area contributed by atoms with Crippen LogP contribution in [-0.4, -0.2) is 20.5 Å². The smallest absolute Gasteiger partial charge is 0.224 e. The van der Waals surface area contributed by atoms with Gasteiger partial charge in [0.1, 0.15) is 0 Å². The second kappa shape index (κ2) is 8.49. The van der Waals surface area contributed by atoms with E-state index in [1.165, 1.54) is 5.56 Å². The quantitative estimate of drug-likeness (QED) is 0.489. The molecule has 0 unspecified atom stereocenters. The summed E-state index contributed by atoms with van der Waals surface area (Å²) in [5.74, 6) is 0.00332. The van der Waals surface area contributed by atoms with Crippen LogP contribution < -0.4 is 5.32 Å². The van der Waals surface area contributed by atoms with Crippen LogP contribution in [0.5, 0.6) is 0 Å². The Morgan fingerprint density at radius 1 is 1.03 bits per heavy atom. The monoisotopic (exact) mass is 398 g/mol. The zero-order valence-corrected chi connectivity index (χ0v) is 17.6. The Bertz CT molecular complexity index is 1180. The highest BCUT2D eigenvalue weighted by Crippen LogP contribution is 2.22. The predicted molar refractivity (Wildman–Crippen MR) is 121 cm³/mol. The molecule has 30 heavy (non-hydrogen) atoms. The Morgan fingerprint density at radius 3 is 2.47 bits per heavy atom. The highest BCUT2D eigenvalue weighted by Gasteiger charge is 2.14. The van der Waals surface area contributed by atoms with Crippen LogP contribution in [0.15, 0.2) is 60.7 Å². The van der Waals surface area contributed by atoms with E-state index < -0.39 is 0 Å². The zero-order chi connectivity index (χ0) is 21.1. The Labute approximate surface area is 176 Å². The van der Waals surface area contributed by atoms with Crippen molar-refractivity contribution in [3.8, 4) is 11.3 Å². The third-order valence-electron chi connectivity index (χ3n) is 5.48. The van der Waals surface area contributed by atoms with Gasteiger partial charge < -0.3 is 5.32 Å². The molecule has 0 spiro atoms. The number of fused-ring (bicyclic) bond motifs is 1. The molecule has 0 aliphatic rings. The molecule has 0 saturated heterocycles. The molecule has 2 aromatic heterocycles. The van der Waals surface area contributed by atoms with Crippen molar-refractivity contribution in [1.82, 2.24) is 14.6 Å². The minimum atomic E-state index is 0.00332. The van der Waals surface area contributed by atoms with E-state index in [2.05, 4.69) is 12.2 Å². The number of aromatic nitrogens is 3. The zero-order valence-electron chi connectivity index (χ0n) is 17.6. The van der Waals surface area contributed by atoms with Gasteiger partial charge in [0.15, 0.2) is 5.65 Å². The van der Waals surface area contributed by atoms with Crippen molar-refractivity contribution in [3.05, 3.63) is 83.2 Å². The topological polar surface area (TPSA) is 59.3 Å². The minimum Gasteiger partial charge on any atom is -0.326 e. The standard InChI is InChI=1S/C25H26N4O/c1-4-19-10-12-21(13-11-19)27-25(30)15-14-22-17(2)26-24-16-23(28-29(24)18(22)3)20-8-6-5-7-9-20/h5-13,16H,4,14-15H2,1-3H3,(H,27,30). The van der Waals surface area contributed by atoms with Gasteiger partial charge in [0.25, 0.3) is 0 Å². The van der Waals surface area contributed by atoms with Gasteiger partial charge in [0.2, 0.25) is 5.91 Å². The van der Waals surface area contributed by atoms with Gasteiger partial charge in [-0.05, 0) is 49.9 Å². The van der Waals surface area contributed by atoms with Crippen LogP contribution in [0.25, 0.3) is 16.9 Å². The SMILES string of the molecule is CCc1ccc(NC(=O)CCc2c(C)nc3cc(-c4ccccc4)nn3c2C)cc1. The van der Waals surface area contributed by atoms with E-state index in [0.29, 0.717) is 12.8 Å². The molecule has 4 aromatic rings. The van der Waals surface area contributed by atoms with Gasteiger partial charge in [0.05, 0.1) is 5.69 Å². The molecule has 2 heterocycles. The maximum Gasteiger partial charge on any atom is 0.224 e. The number of nitrogens with one attached hydrogen (secondary N) is 1. The average molecular weight is 399 g/mol. The van der Waals surface area contributed by atoms with Crippen molar-refractivity contribution in [1.29, 1.82) is 0 Å². The van der Waals surface area contributed by atoms with Crippen molar-refractivity contribution in [2.24, 2.45) is 0 Å². The van der Waals surface area contributed by atoms with Gasteiger partial charge in [-0.15, -0.1) is 0 Å². The molecule has 0 bridgehead atoms. The van der Waals surface area contributed by atoms with Crippen LogP contribution >= 0.6 is 0 Å². The first kappa shape index (κ1) is 19.8. The fourth-order valence-electron chi connectivity index (χ4n) is 3.72. The van der Waals surface area contributed by atoms with Gasteiger partial charge in [-0.1, -0.05) is 49.4 Å². The lowest BCUT2D eigenvalue weighted by Crippen LogP contribution is -2.14. The van der Waals surface area contributed by atoms with Gasteiger partial charge in [0, 0.05) is 35.1 Å². The average Bonchev–Trinajstić information content (AvgIpc) is 3.19. The van der Waals surface area contributed by atoms with E-state index in [1.807, 2.05) is 79.0 Å². The van der Waals surface area contributed by atoms with E-state index in [4.69, 9.17) is 10.1 Å². The first-order valence-corrected chi connectivity index (χ1v) is 10.3. The number of amides is 1. The number of hydrogen-bond acceptors (Lipinski definition) is 3. The molecule has 0 aliphatic carbocycles. The van der Waals surface area contributed by atoms with Crippen LogP contribution in [-0.2, 0) is 17.6 Å². The molecular formula is C25H26N4O. The largest absolute Gasteiger partial charge is 0.326 e. The van der Waals surface area contributed by atoms with Crippen molar-refractivity contribution < 1.29 is 4.79 Å². The van der Waals surface area contributed by atoms with Crippen LogP contribution in [0.1, 0.15) is 35.9 Å². The molecule has 0 radical (unpaired) electrons. The minimum absolute atomic E-state index is 0.00332. The number of hydrogen-bond donors (Lipinski definition) is 1. The summed E-state index contributed by atoms with van der Waals surface area (Å²) < 4.78 is 1.88. The predicted octanol–water partition coefficient (Wildman–Crippen LogP) is 5.15. The highest BCUT2D eigenvalue weighted by molar-refractivity contribution is 5.90. The van der Waals surface area contributed by atoms with Crippen molar-refractivity contribution in [2.45, 2.75) is 40.0 Å². The Hall–Kier alpha value is -3.47. The Morgan fingerprint density at radius 2 is 1.77 bits per heavy atom. The molecule has 1 N–H and O–H groups in total. The molecule has 152 valence electrons. The highest BCUT2D eigenvalue weighted by atomic mass is 16.1. The van der Waals surface area contributed by atoms with Gasteiger partial charge >= 0.3 is 0 Å². The summed E-state index contributed by atoms with van der Waals surface area (Å²) >= 11 is 0. The van der Waals surface area contributed by atoms with Crippen LogP contribution in [0.4, 0.5) is 5.69 Å². The molecule has 0 atom stereocenters. The lowest BCUT2D eigenvalue weighted by atomic mass is 10.1. The normalized spacial score (nSPS) is 11.0. The lowest BCUT2D eigenvalue weighted by molar-refractivity contribution is -0.116. The van der Waals surface area contributed by atoms with Gasteiger partial charge in [-0.3, -0.25) is 4.79 Å². The number of nitrogens with zero attached hydrogens (tertiary/aromatic N) is 3. The van der Waals surface area contributed by atoms with Crippen molar-refractivity contribution >= 4 is 17.2 Å². The van der Waals surface area contributed by atoms with Crippen molar-refractivity contribution in [3.63, 3.8) is 0 Å². The first-order chi connectivity index (χ1) is 14.5. The molecule has 4 rings (SSSR count). The molecule has 2 aromatic carbocycles. The number of benzene rings is 2. The Balaban J connectivity index is 1.51. The number of rotatable bonds is 6. The van der Waals surface area contributed by atoms with Gasteiger partial charge in [-0.25, -0.2) is 9.50 Å². The number of carbonyl (C=O) groups is 1. The molecule has 0 aliphatic heterocycles. The van der Waals surface area contributed by atoms with E-state index in [-0.39, 0.29) is 5.91 Å². The molecule has 5 nitrogen and oxygen atoms in total. The third-order valence-corrected chi connectivity index (χ3v) is 5.48. The number of carbonyl (C=O) groups excluding carboxylic acids is 1. The third kappa shape index (κ3) is 4.10. The second-order valence-corrected chi connectivity index (χ2v) is 7.53. The fourth-order valence-corrected chi connectivity index (χ4v) is 3.72. The van der Waals surface area contributed by atoms with E-state index in [1.54, 1.807) is 0 Å². The van der Waals surface area contributed by atoms with Crippen LogP contribution in [0.3, 0.4) is 0 Å². The summed E-state index contributed by atoms with van der Waals surface area (Å²) in [6.45, 7) is 6.16. The lowest BCUT2D eigenvalue weighted by Gasteiger charge is -2.11. The number of aryl methyl sites for hydroxylation is 3. The number of anilines is 1. The van der Waals surface area contributed by atoms with E-state index in [0.717, 1.165) is 46.0 Å². The summed E-state index contributed by atoms with van der Waals surface area (Å²) in [4.78, 5) is 17.2. The van der Waals surface area contributed by atoms with Crippen LogP contribution in [0.2, 0.25) is 0 Å². The molecule has 0 fully saturated rings. The summed E-state index contributed by atoms with van der Waals surface area (Å²) in [6, 6.07) is 20.1. The molecule has 5 heteroatoms. The van der Waals surface area contributed by atoms with Gasteiger partial charge in [-0.2, -0.15) is 5.10 Å².